The summed E-state index contributed by atoms with van der Waals surface area (Å²) in [5, 5.41) is 12.3. The molecule has 0 aliphatic heterocycles. The van der Waals surface area contributed by atoms with E-state index in [0.717, 1.165) is 24.0 Å². The van der Waals surface area contributed by atoms with Crippen LogP contribution in [0.25, 0.3) is 0 Å². The van der Waals surface area contributed by atoms with E-state index in [0.29, 0.717) is 11.0 Å². The second kappa shape index (κ2) is 3.73. The molecule has 3 nitrogen and oxygen atoms in total. The van der Waals surface area contributed by atoms with Crippen LogP contribution in [0.4, 0.5) is 5.82 Å². The zero-order chi connectivity index (χ0) is 11.9. The van der Waals surface area contributed by atoms with Gasteiger partial charge in [-0.05, 0) is 56.1 Å². The van der Waals surface area contributed by atoms with E-state index in [4.69, 9.17) is 5.26 Å². The molecule has 2 fully saturated rings. The predicted molar refractivity (Wildman–Crippen MR) is 66.6 cm³/mol. The monoisotopic (exact) mass is 227 g/mol. The minimum atomic E-state index is 0.568. The minimum absolute atomic E-state index is 0.568. The molecule has 3 heteroatoms. The normalized spacial score (nSPS) is 20.7. The number of aryl methyl sites for hydroxylation is 1. The third-order valence-electron chi connectivity index (χ3n) is 4.04. The first-order chi connectivity index (χ1) is 8.22. The van der Waals surface area contributed by atoms with E-state index in [1.165, 1.54) is 25.7 Å². The molecule has 88 valence electrons. The topological polar surface area (TPSA) is 48.7 Å². The maximum absolute atomic E-state index is 8.92. The number of aromatic nitrogens is 1. The van der Waals surface area contributed by atoms with Gasteiger partial charge >= 0.3 is 0 Å². The average molecular weight is 227 g/mol. The zero-order valence-corrected chi connectivity index (χ0v) is 10.2. The number of nitriles is 1. The lowest BCUT2D eigenvalue weighted by Gasteiger charge is -2.15. The van der Waals surface area contributed by atoms with E-state index in [9.17, 15) is 0 Å². The Hall–Kier alpha value is -1.56. The highest BCUT2D eigenvalue weighted by Gasteiger charge is 2.53. The Morgan fingerprint density at radius 3 is 2.82 bits per heavy atom. The first-order valence-corrected chi connectivity index (χ1v) is 6.34. The Morgan fingerprint density at radius 1 is 1.47 bits per heavy atom. The second-order valence-corrected chi connectivity index (χ2v) is 5.48. The highest BCUT2D eigenvalue weighted by atomic mass is 15.0. The van der Waals surface area contributed by atoms with Gasteiger partial charge in [0.15, 0.2) is 0 Å². The van der Waals surface area contributed by atoms with Crippen molar-refractivity contribution < 1.29 is 0 Å². The second-order valence-electron chi connectivity index (χ2n) is 5.48. The van der Waals surface area contributed by atoms with Crippen LogP contribution in [0, 0.1) is 29.6 Å². The lowest BCUT2D eigenvalue weighted by molar-refractivity contribution is 0.466. The van der Waals surface area contributed by atoms with Crippen LogP contribution in [0.15, 0.2) is 12.1 Å². The Bertz CT molecular complexity index is 479. The Morgan fingerprint density at radius 2 is 2.24 bits per heavy atom. The van der Waals surface area contributed by atoms with Crippen LogP contribution in [0.2, 0.25) is 0 Å². The summed E-state index contributed by atoms with van der Waals surface area (Å²) in [6.45, 7) is 2.96. The SMILES string of the molecule is Cc1cc(C#N)cc(NCC2(C3CC3)CC2)n1. The molecule has 0 unspecified atom stereocenters. The van der Waals surface area contributed by atoms with Crippen molar-refractivity contribution in [3.05, 3.63) is 23.4 Å². The summed E-state index contributed by atoms with van der Waals surface area (Å²) in [5.41, 5.74) is 2.16. The Kier molecular flexibility index (Phi) is 2.32. The third kappa shape index (κ3) is 2.12. The lowest BCUT2D eigenvalue weighted by atomic mass is 10.0. The first-order valence-electron chi connectivity index (χ1n) is 6.34. The van der Waals surface area contributed by atoms with Gasteiger partial charge in [-0.2, -0.15) is 5.26 Å². The maximum Gasteiger partial charge on any atom is 0.127 e. The smallest absolute Gasteiger partial charge is 0.127 e. The molecule has 0 radical (unpaired) electrons. The molecule has 3 rings (SSSR count). The molecule has 17 heavy (non-hydrogen) atoms. The Labute approximate surface area is 102 Å². The fourth-order valence-electron chi connectivity index (χ4n) is 2.68. The quantitative estimate of drug-likeness (QED) is 0.860. The number of nitrogens with one attached hydrogen (secondary N) is 1. The zero-order valence-electron chi connectivity index (χ0n) is 10.2. The molecule has 2 saturated carbocycles. The molecule has 0 atom stereocenters. The number of hydrogen-bond donors (Lipinski definition) is 1. The predicted octanol–water partition coefficient (Wildman–Crippen LogP) is 2.86. The number of anilines is 1. The van der Waals surface area contributed by atoms with Crippen molar-refractivity contribution in [3.8, 4) is 6.07 Å². The van der Waals surface area contributed by atoms with Crippen LogP contribution >= 0.6 is 0 Å². The van der Waals surface area contributed by atoms with Gasteiger partial charge in [-0.25, -0.2) is 4.98 Å². The number of pyridine rings is 1. The average Bonchev–Trinajstić information content (AvgIpc) is 3.15. The fraction of sp³-hybridized carbons (Fsp3) is 0.571. The maximum atomic E-state index is 8.92. The summed E-state index contributed by atoms with van der Waals surface area (Å²) in [4.78, 5) is 4.43. The van der Waals surface area contributed by atoms with E-state index in [2.05, 4.69) is 16.4 Å². The van der Waals surface area contributed by atoms with Gasteiger partial charge in [-0.3, -0.25) is 0 Å². The Balaban J connectivity index is 1.69. The van der Waals surface area contributed by atoms with Gasteiger partial charge in [0.05, 0.1) is 11.6 Å². The van der Waals surface area contributed by atoms with Crippen molar-refractivity contribution in [2.45, 2.75) is 32.6 Å². The minimum Gasteiger partial charge on any atom is -0.369 e. The molecule has 0 saturated heterocycles. The highest BCUT2D eigenvalue weighted by Crippen LogP contribution is 2.61. The van der Waals surface area contributed by atoms with Gasteiger partial charge in [-0.1, -0.05) is 0 Å². The summed E-state index contributed by atoms with van der Waals surface area (Å²) in [6.07, 6.45) is 5.54. The molecule has 2 aliphatic rings. The van der Waals surface area contributed by atoms with Gasteiger partial charge in [-0.15, -0.1) is 0 Å². The van der Waals surface area contributed by atoms with Gasteiger partial charge in [0.25, 0.3) is 0 Å². The number of hydrogen-bond acceptors (Lipinski definition) is 3. The summed E-state index contributed by atoms with van der Waals surface area (Å²) in [6, 6.07) is 5.84. The van der Waals surface area contributed by atoms with Gasteiger partial charge < -0.3 is 5.32 Å². The summed E-state index contributed by atoms with van der Waals surface area (Å²) in [7, 11) is 0. The highest BCUT2D eigenvalue weighted by molar-refractivity contribution is 5.44. The summed E-state index contributed by atoms with van der Waals surface area (Å²) in [5.74, 6) is 1.81. The van der Waals surface area contributed by atoms with E-state index in [-0.39, 0.29) is 0 Å². The van der Waals surface area contributed by atoms with Crippen LogP contribution in [0.1, 0.15) is 36.9 Å². The van der Waals surface area contributed by atoms with Crippen LogP contribution in [0.5, 0.6) is 0 Å². The first kappa shape index (κ1) is 10.6. The van der Waals surface area contributed by atoms with Crippen molar-refractivity contribution in [3.63, 3.8) is 0 Å². The standard InChI is InChI=1S/C14H17N3/c1-10-6-11(8-15)7-13(17-10)16-9-14(4-5-14)12-2-3-12/h6-7,12H,2-5,9H2,1H3,(H,16,17). The van der Waals surface area contributed by atoms with Gasteiger partial charge in [0.1, 0.15) is 5.82 Å². The summed E-state index contributed by atoms with van der Waals surface area (Å²) >= 11 is 0. The van der Waals surface area contributed by atoms with Crippen molar-refractivity contribution in [1.82, 2.24) is 4.98 Å². The van der Waals surface area contributed by atoms with Crippen molar-refractivity contribution >= 4 is 5.82 Å². The van der Waals surface area contributed by atoms with Crippen molar-refractivity contribution in [1.29, 1.82) is 5.26 Å². The molecule has 1 N–H and O–H groups in total. The van der Waals surface area contributed by atoms with Crippen LogP contribution in [-0.2, 0) is 0 Å². The molecule has 0 amide bonds. The molecule has 1 aromatic heterocycles. The van der Waals surface area contributed by atoms with Gasteiger partial charge in [0.2, 0.25) is 0 Å². The molecule has 0 aromatic carbocycles. The summed E-state index contributed by atoms with van der Waals surface area (Å²) < 4.78 is 0. The molecule has 1 aromatic rings. The third-order valence-corrected chi connectivity index (χ3v) is 4.04. The van der Waals surface area contributed by atoms with Crippen molar-refractivity contribution in [2.75, 3.05) is 11.9 Å². The van der Waals surface area contributed by atoms with E-state index in [1.54, 1.807) is 0 Å². The molecule has 0 spiro atoms. The van der Waals surface area contributed by atoms with Crippen molar-refractivity contribution in [2.24, 2.45) is 11.3 Å². The number of nitrogens with zero attached hydrogens (tertiary/aromatic N) is 2. The lowest BCUT2D eigenvalue weighted by Crippen LogP contribution is -2.18. The molecule has 1 heterocycles. The molecule has 2 aliphatic carbocycles. The molecular weight excluding hydrogens is 210 g/mol. The fourth-order valence-corrected chi connectivity index (χ4v) is 2.68. The van der Waals surface area contributed by atoms with Gasteiger partial charge in [0, 0.05) is 12.2 Å². The van der Waals surface area contributed by atoms with Crippen LogP contribution in [-0.4, -0.2) is 11.5 Å². The number of rotatable bonds is 4. The van der Waals surface area contributed by atoms with Crippen LogP contribution in [0.3, 0.4) is 0 Å². The molecule has 0 bridgehead atoms. The largest absolute Gasteiger partial charge is 0.369 e. The van der Waals surface area contributed by atoms with E-state index in [1.807, 2.05) is 19.1 Å². The van der Waals surface area contributed by atoms with Crippen LogP contribution < -0.4 is 5.32 Å². The molecular formula is C14H17N3. The van der Waals surface area contributed by atoms with E-state index >= 15 is 0 Å². The van der Waals surface area contributed by atoms with E-state index < -0.39 is 0 Å².